The molecule has 1 heterocycles. The van der Waals surface area contributed by atoms with Gasteiger partial charge in [-0.2, -0.15) is 8.42 Å². The second-order valence-corrected chi connectivity index (χ2v) is 6.36. The second-order valence-electron chi connectivity index (χ2n) is 5.31. The molecule has 1 aliphatic heterocycles. The molecule has 6 N–H and O–H groups in total. The van der Waals surface area contributed by atoms with Crippen LogP contribution in [-0.4, -0.2) is 101 Å². The van der Waals surface area contributed by atoms with Crippen molar-refractivity contribution in [3.8, 4) is 0 Å². The van der Waals surface area contributed by atoms with Gasteiger partial charge in [0, 0.05) is 20.0 Å². The smallest absolute Gasteiger partial charge is 0.395 e. The highest BCUT2D eigenvalue weighted by Crippen LogP contribution is 2.20. The Morgan fingerprint density at radius 3 is 2.48 bits per heavy atom. The molecule has 0 saturated carbocycles. The standard InChI is InChI=1S/C11H22N2O9S/c1-6(16)12-7-2-13(8(4-14)11(7)18)3-9(17)10(5-15)22-23(19,20)21/h7-11,14-15,17-18H,2-5H2,1H3,(H,12,16)(H,19,20,21)/t7-,8-,9-,10+,11+/m1/s1. The lowest BCUT2D eigenvalue weighted by molar-refractivity contribution is -0.120. The van der Waals surface area contributed by atoms with E-state index < -0.39 is 54.0 Å². The molecule has 0 aromatic carbocycles. The Hall–Kier alpha value is -0.860. The molecule has 0 unspecified atom stereocenters. The van der Waals surface area contributed by atoms with Crippen LogP contribution in [0.2, 0.25) is 0 Å². The van der Waals surface area contributed by atoms with E-state index in [-0.39, 0.29) is 19.0 Å². The van der Waals surface area contributed by atoms with Gasteiger partial charge in [-0.05, 0) is 0 Å². The molecule has 12 heteroatoms. The van der Waals surface area contributed by atoms with Gasteiger partial charge in [0.05, 0.1) is 37.5 Å². The Morgan fingerprint density at radius 1 is 1.43 bits per heavy atom. The summed E-state index contributed by atoms with van der Waals surface area (Å²) in [4.78, 5) is 12.5. The normalized spacial score (nSPS) is 28.5. The average molecular weight is 358 g/mol. The lowest BCUT2D eigenvalue weighted by atomic mass is 10.1. The maximum absolute atomic E-state index is 11.1. The van der Waals surface area contributed by atoms with Crippen LogP contribution in [0.25, 0.3) is 0 Å². The number of aliphatic hydroxyl groups excluding tert-OH is 4. The maximum atomic E-state index is 11.1. The van der Waals surface area contributed by atoms with Gasteiger partial charge in [-0.1, -0.05) is 0 Å². The number of likely N-dealkylation sites (tertiary alicyclic amines) is 1. The van der Waals surface area contributed by atoms with E-state index >= 15 is 0 Å². The molecule has 0 radical (unpaired) electrons. The maximum Gasteiger partial charge on any atom is 0.397 e. The van der Waals surface area contributed by atoms with E-state index in [1.165, 1.54) is 11.8 Å². The number of carbonyl (C=O) groups excluding carboxylic acids is 1. The minimum absolute atomic E-state index is 0.0903. The minimum atomic E-state index is -4.86. The first-order valence-electron chi connectivity index (χ1n) is 6.83. The van der Waals surface area contributed by atoms with Crippen molar-refractivity contribution in [2.75, 3.05) is 26.3 Å². The number of carbonyl (C=O) groups is 1. The topological polar surface area (TPSA) is 177 Å². The summed E-state index contributed by atoms with van der Waals surface area (Å²) in [5, 5.41) is 40.9. The molecule has 11 nitrogen and oxygen atoms in total. The molecule has 0 aromatic rings. The lowest BCUT2D eigenvalue weighted by Gasteiger charge is -2.28. The van der Waals surface area contributed by atoms with Gasteiger partial charge < -0.3 is 25.7 Å². The molecular formula is C11H22N2O9S. The van der Waals surface area contributed by atoms with Crippen LogP contribution in [0.1, 0.15) is 6.92 Å². The summed E-state index contributed by atoms with van der Waals surface area (Å²) in [6, 6.07) is -1.47. The quantitative estimate of drug-likeness (QED) is 0.235. The van der Waals surface area contributed by atoms with Crippen molar-refractivity contribution in [2.45, 2.75) is 37.3 Å². The summed E-state index contributed by atoms with van der Waals surface area (Å²) < 4.78 is 34.1. The van der Waals surface area contributed by atoms with Gasteiger partial charge >= 0.3 is 10.4 Å². The molecule has 0 spiro atoms. The van der Waals surface area contributed by atoms with Crippen LogP contribution < -0.4 is 5.32 Å². The fourth-order valence-corrected chi connectivity index (χ4v) is 3.04. The first-order chi connectivity index (χ1) is 10.6. The Bertz CT molecular complexity index is 500. The predicted molar refractivity (Wildman–Crippen MR) is 75.6 cm³/mol. The van der Waals surface area contributed by atoms with Crippen LogP contribution in [0.3, 0.4) is 0 Å². The fourth-order valence-electron chi connectivity index (χ4n) is 2.54. The Labute approximate surface area is 133 Å². The molecule has 0 aromatic heterocycles. The number of aliphatic hydroxyl groups is 4. The van der Waals surface area contributed by atoms with Crippen LogP contribution in [0, 0.1) is 0 Å². The first kappa shape index (κ1) is 20.2. The van der Waals surface area contributed by atoms with E-state index in [0.717, 1.165) is 0 Å². The van der Waals surface area contributed by atoms with Crippen molar-refractivity contribution >= 4 is 16.3 Å². The molecule has 5 atom stereocenters. The van der Waals surface area contributed by atoms with Crippen LogP contribution in [0.5, 0.6) is 0 Å². The summed E-state index contributed by atoms with van der Waals surface area (Å²) in [6.07, 6.45) is -4.23. The van der Waals surface area contributed by atoms with Crippen LogP contribution in [-0.2, 0) is 19.4 Å². The van der Waals surface area contributed by atoms with Crippen molar-refractivity contribution in [2.24, 2.45) is 0 Å². The summed E-state index contributed by atoms with van der Waals surface area (Å²) in [7, 11) is -4.86. The molecule has 0 bridgehead atoms. The Balaban J connectivity index is 2.75. The third kappa shape index (κ3) is 5.93. The highest BCUT2D eigenvalue weighted by molar-refractivity contribution is 7.80. The molecule has 1 fully saturated rings. The van der Waals surface area contributed by atoms with Gasteiger partial charge in [0.2, 0.25) is 5.91 Å². The van der Waals surface area contributed by atoms with Gasteiger partial charge in [0.25, 0.3) is 0 Å². The molecule has 1 aliphatic rings. The molecule has 23 heavy (non-hydrogen) atoms. The number of amides is 1. The van der Waals surface area contributed by atoms with Crippen LogP contribution >= 0.6 is 0 Å². The van der Waals surface area contributed by atoms with Crippen molar-refractivity contribution in [1.29, 1.82) is 0 Å². The zero-order valence-corrected chi connectivity index (χ0v) is 13.3. The number of rotatable bonds is 8. The Kier molecular flexibility index (Phi) is 7.29. The van der Waals surface area contributed by atoms with Gasteiger partial charge in [-0.25, -0.2) is 4.18 Å². The van der Waals surface area contributed by atoms with Crippen molar-refractivity contribution in [3.05, 3.63) is 0 Å². The monoisotopic (exact) mass is 358 g/mol. The molecule has 1 rings (SSSR count). The summed E-state index contributed by atoms with van der Waals surface area (Å²) >= 11 is 0. The predicted octanol–water partition coefficient (Wildman–Crippen LogP) is -3.93. The van der Waals surface area contributed by atoms with E-state index in [1.54, 1.807) is 0 Å². The van der Waals surface area contributed by atoms with Crippen molar-refractivity contribution < 1.29 is 42.4 Å². The molecular weight excluding hydrogens is 336 g/mol. The number of hydrogen-bond acceptors (Lipinski definition) is 9. The van der Waals surface area contributed by atoms with Crippen LogP contribution in [0.4, 0.5) is 0 Å². The first-order valence-corrected chi connectivity index (χ1v) is 8.20. The van der Waals surface area contributed by atoms with E-state index in [9.17, 15) is 28.5 Å². The third-order valence-electron chi connectivity index (χ3n) is 3.56. The van der Waals surface area contributed by atoms with Gasteiger partial charge in [0.15, 0.2) is 0 Å². The highest BCUT2D eigenvalue weighted by Gasteiger charge is 2.42. The van der Waals surface area contributed by atoms with Gasteiger partial charge in [-0.3, -0.25) is 14.2 Å². The second kappa shape index (κ2) is 8.30. The minimum Gasteiger partial charge on any atom is -0.395 e. The van der Waals surface area contributed by atoms with Crippen LogP contribution in [0.15, 0.2) is 0 Å². The zero-order chi connectivity index (χ0) is 17.8. The van der Waals surface area contributed by atoms with E-state index in [4.69, 9.17) is 9.66 Å². The molecule has 0 aliphatic carbocycles. The highest BCUT2D eigenvalue weighted by atomic mass is 32.3. The zero-order valence-electron chi connectivity index (χ0n) is 12.4. The van der Waals surface area contributed by atoms with E-state index in [2.05, 4.69) is 9.50 Å². The summed E-state index contributed by atoms with van der Waals surface area (Å²) in [5.41, 5.74) is 0. The number of nitrogens with zero attached hydrogens (tertiary/aromatic N) is 1. The Morgan fingerprint density at radius 2 is 2.04 bits per heavy atom. The number of nitrogens with one attached hydrogen (secondary N) is 1. The molecule has 1 amide bonds. The van der Waals surface area contributed by atoms with Crippen molar-refractivity contribution in [3.63, 3.8) is 0 Å². The summed E-state index contributed by atoms with van der Waals surface area (Å²) in [5.74, 6) is -0.379. The van der Waals surface area contributed by atoms with Gasteiger partial charge in [0.1, 0.15) is 6.10 Å². The molecule has 1 saturated heterocycles. The van der Waals surface area contributed by atoms with E-state index in [0.29, 0.717) is 0 Å². The number of hydrogen-bond donors (Lipinski definition) is 6. The third-order valence-corrected chi connectivity index (χ3v) is 4.05. The van der Waals surface area contributed by atoms with Gasteiger partial charge in [-0.15, -0.1) is 0 Å². The lowest BCUT2D eigenvalue weighted by Crippen LogP contribution is -2.47. The molecule has 136 valence electrons. The average Bonchev–Trinajstić information content (AvgIpc) is 2.70. The van der Waals surface area contributed by atoms with Crippen molar-refractivity contribution in [1.82, 2.24) is 10.2 Å². The fraction of sp³-hybridized carbons (Fsp3) is 0.909. The largest absolute Gasteiger partial charge is 0.397 e. The summed E-state index contributed by atoms with van der Waals surface area (Å²) in [6.45, 7) is -0.255. The number of β-amino-alcohol motifs (C(OH)–C–C–N with tert-alkyl or cyclic N) is 1. The SMILES string of the molecule is CC(=O)N[C@@H]1CN(C[C@@H](O)[C@H](CO)OS(=O)(=O)O)[C@H](CO)[C@H]1O. The van der Waals surface area contributed by atoms with E-state index in [1.807, 2.05) is 0 Å².